The fraction of sp³-hybridized carbons (Fsp3) is 0.154. The molecule has 5 aromatic rings. The first kappa shape index (κ1) is 20.2. The maximum atomic E-state index is 13.0. The molecule has 0 radical (unpaired) electrons. The summed E-state index contributed by atoms with van der Waals surface area (Å²) in [7, 11) is 0. The van der Waals surface area contributed by atoms with E-state index in [1.54, 1.807) is 12.4 Å². The monoisotopic (exact) mass is 448 g/mol. The molecule has 34 heavy (non-hydrogen) atoms. The van der Waals surface area contributed by atoms with E-state index in [0.29, 0.717) is 33.9 Å². The third-order valence-corrected chi connectivity index (χ3v) is 6.17. The molecule has 3 aromatic heterocycles. The van der Waals surface area contributed by atoms with Gasteiger partial charge in [-0.3, -0.25) is 4.98 Å². The Hall–Kier alpha value is -4.46. The Morgan fingerprint density at radius 1 is 0.824 bits per heavy atom. The fourth-order valence-corrected chi connectivity index (χ4v) is 4.20. The van der Waals surface area contributed by atoms with Gasteiger partial charge in [-0.1, -0.05) is 30.3 Å². The molecule has 0 atom stereocenters. The maximum Gasteiger partial charge on any atom is 0.344 e. The molecule has 0 saturated carbocycles. The number of benzene rings is 2. The molecular weight excluding hydrogens is 428 g/mol. The van der Waals surface area contributed by atoms with Gasteiger partial charge in [-0.15, -0.1) is 20.4 Å². The average molecular weight is 448 g/mol. The van der Waals surface area contributed by atoms with Gasteiger partial charge in [-0.2, -0.15) is 0 Å². The zero-order valence-corrected chi connectivity index (χ0v) is 18.5. The number of hydrogen-bond donors (Lipinski definition) is 0. The summed E-state index contributed by atoms with van der Waals surface area (Å²) in [5.41, 5.74) is 4.67. The summed E-state index contributed by atoms with van der Waals surface area (Å²) in [6, 6.07) is 17.4. The lowest BCUT2D eigenvalue weighted by Crippen LogP contribution is -2.36. The van der Waals surface area contributed by atoms with Gasteiger partial charge in [-0.05, 0) is 37.1 Å². The highest BCUT2D eigenvalue weighted by Crippen LogP contribution is 2.31. The van der Waals surface area contributed by atoms with E-state index in [1.807, 2.05) is 55.5 Å². The minimum Gasteiger partial charge on any atom is -0.422 e. The van der Waals surface area contributed by atoms with Gasteiger partial charge in [0.15, 0.2) is 0 Å². The van der Waals surface area contributed by atoms with Crippen LogP contribution in [0.15, 0.2) is 76.2 Å². The van der Waals surface area contributed by atoms with Crippen LogP contribution in [0.1, 0.15) is 12.0 Å². The van der Waals surface area contributed by atoms with Crippen molar-refractivity contribution in [1.82, 2.24) is 25.4 Å². The van der Waals surface area contributed by atoms with Crippen molar-refractivity contribution in [2.45, 2.75) is 13.3 Å². The van der Waals surface area contributed by atoms with Crippen LogP contribution >= 0.6 is 0 Å². The topological polar surface area (TPSA) is 97.9 Å². The van der Waals surface area contributed by atoms with Crippen molar-refractivity contribution in [2.75, 3.05) is 18.0 Å². The van der Waals surface area contributed by atoms with Crippen LogP contribution in [0.2, 0.25) is 0 Å². The second-order valence-electron chi connectivity index (χ2n) is 8.29. The lowest BCUT2D eigenvalue weighted by atomic mass is 9.99. The van der Waals surface area contributed by atoms with Gasteiger partial charge >= 0.3 is 5.63 Å². The standard InChI is InChI=1S/C26H20N6O2/c1-16-21-9-8-20(32-10-5-11-32)13-22(21)34-26(33)23(16)18-12-19(15-27-14-18)25-30-28-24(29-31-25)17-6-3-2-4-7-17/h2-4,6-9,12-15H,5,10-11H2,1H3. The molecule has 2 aromatic carbocycles. The van der Waals surface area contributed by atoms with Gasteiger partial charge < -0.3 is 9.32 Å². The van der Waals surface area contributed by atoms with E-state index in [1.165, 1.54) is 6.42 Å². The molecule has 1 fully saturated rings. The van der Waals surface area contributed by atoms with Gasteiger partial charge in [0.05, 0.1) is 5.56 Å². The summed E-state index contributed by atoms with van der Waals surface area (Å²) in [4.78, 5) is 19.6. The van der Waals surface area contributed by atoms with Crippen molar-refractivity contribution < 1.29 is 4.42 Å². The molecule has 0 aliphatic carbocycles. The Morgan fingerprint density at radius 2 is 1.53 bits per heavy atom. The molecule has 6 rings (SSSR count). The SMILES string of the molecule is Cc1c(-c2cncc(-c3nnc(-c4ccccc4)nn3)c2)c(=O)oc2cc(N3CCC3)ccc12. The van der Waals surface area contributed by atoms with E-state index in [0.717, 1.165) is 35.3 Å². The molecule has 8 nitrogen and oxygen atoms in total. The van der Waals surface area contributed by atoms with Crippen LogP contribution in [0, 0.1) is 6.92 Å². The molecule has 0 amide bonds. The zero-order valence-electron chi connectivity index (χ0n) is 18.5. The van der Waals surface area contributed by atoms with Crippen molar-refractivity contribution in [1.29, 1.82) is 0 Å². The summed E-state index contributed by atoms with van der Waals surface area (Å²) in [5.74, 6) is 0.771. The fourth-order valence-electron chi connectivity index (χ4n) is 4.20. The summed E-state index contributed by atoms with van der Waals surface area (Å²) in [6.45, 7) is 3.99. The molecule has 0 bridgehead atoms. The molecule has 0 spiro atoms. The van der Waals surface area contributed by atoms with Crippen LogP contribution in [-0.4, -0.2) is 38.5 Å². The Morgan fingerprint density at radius 3 is 2.24 bits per heavy atom. The van der Waals surface area contributed by atoms with E-state index in [-0.39, 0.29) is 0 Å². The van der Waals surface area contributed by atoms with Gasteiger partial charge in [-0.25, -0.2) is 4.79 Å². The first-order chi connectivity index (χ1) is 16.7. The predicted octanol–water partition coefficient (Wildman–Crippen LogP) is 4.29. The van der Waals surface area contributed by atoms with Crippen LogP contribution in [0.5, 0.6) is 0 Å². The van der Waals surface area contributed by atoms with Gasteiger partial charge in [0, 0.05) is 59.3 Å². The van der Waals surface area contributed by atoms with Gasteiger partial charge in [0.2, 0.25) is 11.6 Å². The lowest BCUT2D eigenvalue weighted by Gasteiger charge is -2.33. The average Bonchev–Trinajstić information content (AvgIpc) is 2.84. The Balaban J connectivity index is 1.38. The van der Waals surface area contributed by atoms with Crippen molar-refractivity contribution in [3.63, 3.8) is 0 Å². The van der Waals surface area contributed by atoms with Crippen LogP contribution < -0.4 is 10.5 Å². The van der Waals surface area contributed by atoms with E-state index in [4.69, 9.17) is 4.42 Å². The van der Waals surface area contributed by atoms with Crippen molar-refractivity contribution in [3.05, 3.63) is 83.0 Å². The third kappa shape index (κ3) is 3.49. The number of fused-ring (bicyclic) bond motifs is 1. The Bertz CT molecular complexity index is 1560. The number of rotatable bonds is 4. The molecule has 0 unspecified atom stereocenters. The highest BCUT2D eigenvalue weighted by atomic mass is 16.4. The molecule has 166 valence electrons. The smallest absolute Gasteiger partial charge is 0.344 e. The number of hydrogen-bond acceptors (Lipinski definition) is 8. The summed E-state index contributed by atoms with van der Waals surface area (Å²) in [5, 5.41) is 17.8. The van der Waals surface area contributed by atoms with E-state index in [2.05, 4.69) is 36.3 Å². The molecule has 0 N–H and O–H groups in total. The largest absolute Gasteiger partial charge is 0.422 e. The van der Waals surface area contributed by atoms with Crippen molar-refractivity contribution in [2.24, 2.45) is 0 Å². The lowest BCUT2D eigenvalue weighted by molar-refractivity contribution is 0.561. The quantitative estimate of drug-likeness (QED) is 0.376. The predicted molar refractivity (Wildman–Crippen MR) is 129 cm³/mol. The Labute approximate surface area is 194 Å². The highest BCUT2D eigenvalue weighted by Gasteiger charge is 2.19. The number of aryl methyl sites for hydroxylation is 1. The molecular formula is C26H20N6O2. The van der Waals surface area contributed by atoms with Crippen LogP contribution in [0.4, 0.5) is 5.69 Å². The minimum atomic E-state index is -0.402. The number of nitrogens with zero attached hydrogens (tertiary/aromatic N) is 6. The first-order valence-corrected chi connectivity index (χ1v) is 11.1. The van der Waals surface area contributed by atoms with E-state index < -0.39 is 5.63 Å². The van der Waals surface area contributed by atoms with Crippen LogP contribution in [0.25, 0.3) is 44.9 Å². The van der Waals surface area contributed by atoms with Crippen molar-refractivity contribution in [3.8, 4) is 33.9 Å². The second kappa shape index (κ2) is 8.15. The van der Waals surface area contributed by atoms with Gasteiger partial charge in [0.1, 0.15) is 5.58 Å². The highest BCUT2D eigenvalue weighted by molar-refractivity contribution is 5.89. The van der Waals surface area contributed by atoms with E-state index >= 15 is 0 Å². The van der Waals surface area contributed by atoms with Crippen LogP contribution in [-0.2, 0) is 0 Å². The first-order valence-electron chi connectivity index (χ1n) is 11.1. The maximum absolute atomic E-state index is 13.0. The Kier molecular flexibility index (Phi) is 4.83. The summed E-state index contributed by atoms with van der Waals surface area (Å²) >= 11 is 0. The minimum absolute atomic E-state index is 0.330. The second-order valence-corrected chi connectivity index (χ2v) is 8.29. The normalized spacial score (nSPS) is 13.1. The zero-order chi connectivity index (χ0) is 23.1. The number of aromatic nitrogens is 5. The molecule has 1 saturated heterocycles. The third-order valence-electron chi connectivity index (χ3n) is 6.17. The summed E-state index contributed by atoms with van der Waals surface area (Å²) in [6.07, 6.45) is 4.46. The van der Waals surface area contributed by atoms with E-state index in [9.17, 15) is 4.79 Å². The molecule has 1 aliphatic rings. The molecule has 4 heterocycles. The van der Waals surface area contributed by atoms with Crippen molar-refractivity contribution >= 4 is 16.7 Å². The molecule has 8 heteroatoms. The number of pyridine rings is 1. The summed E-state index contributed by atoms with van der Waals surface area (Å²) < 4.78 is 5.73. The number of anilines is 1. The van der Waals surface area contributed by atoms with Crippen LogP contribution in [0.3, 0.4) is 0 Å². The van der Waals surface area contributed by atoms with Gasteiger partial charge in [0.25, 0.3) is 0 Å². The molecule has 1 aliphatic heterocycles.